The molecule has 1 aliphatic rings. The van der Waals surface area contributed by atoms with Crippen molar-refractivity contribution >= 4 is 38.2 Å². The first-order valence-electron chi connectivity index (χ1n) is 14.7. The van der Waals surface area contributed by atoms with Crippen LogP contribution in [0, 0.1) is 6.92 Å². The largest absolute Gasteiger partial charge is 0.297 e. The maximum absolute atomic E-state index is 4.85. The van der Waals surface area contributed by atoms with Crippen LogP contribution in [0.5, 0.6) is 0 Å². The molecule has 1 aromatic heterocycles. The Kier molecular flexibility index (Phi) is 5.86. The summed E-state index contributed by atoms with van der Waals surface area (Å²) < 4.78 is 2.26. The summed E-state index contributed by atoms with van der Waals surface area (Å²) in [6.45, 7) is 2.08. The predicted octanol–water partition coefficient (Wildman–Crippen LogP) is 10.4. The number of nitrogens with zero attached hydrogens (tertiary/aromatic N) is 2. The van der Waals surface area contributed by atoms with Crippen LogP contribution in [0.25, 0.3) is 55.0 Å². The van der Waals surface area contributed by atoms with Gasteiger partial charge in [0.1, 0.15) is 5.82 Å². The molecule has 0 bridgehead atoms. The molecule has 0 N–H and O–H groups in total. The van der Waals surface area contributed by atoms with E-state index in [1.807, 2.05) is 0 Å². The fourth-order valence-corrected chi connectivity index (χ4v) is 6.75. The minimum atomic E-state index is 0.318. The first-order chi connectivity index (χ1) is 20.8. The van der Waals surface area contributed by atoms with Crippen molar-refractivity contribution in [3.05, 3.63) is 163 Å². The van der Waals surface area contributed by atoms with Gasteiger partial charge in [-0.25, -0.2) is 4.98 Å². The minimum Gasteiger partial charge on any atom is -0.297 e. The molecular formula is C40H30N2. The number of hydrogen-bond donors (Lipinski definition) is 0. The van der Waals surface area contributed by atoms with E-state index in [2.05, 4.69) is 157 Å². The number of fused-ring (bicyclic) bond motifs is 3. The molecule has 7 aromatic rings. The fraction of sp³-hybridized carbons (Fsp3) is 0.0750. The highest BCUT2D eigenvalue weighted by Crippen LogP contribution is 2.43. The molecule has 0 spiro atoms. The van der Waals surface area contributed by atoms with Crippen LogP contribution >= 0.6 is 0 Å². The van der Waals surface area contributed by atoms with Crippen LogP contribution in [-0.4, -0.2) is 9.55 Å². The van der Waals surface area contributed by atoms with Crippen LogP contribution in [0.3, 0.4) is 0 Å². The zero-order valence-electron chi connectivity index (χ0n) is 23.5. The number of benzene rings is 6. The van der Waals surface area contributed by atoms with Gasteiger partial charge in [0.25, 0.3) is 0 Å². The lowest BCUT2D eigenvalue weighted by Crippen LogP contribution is -2.01. The van der Waals surface area contributed by atoms with E-state index in [0.717, 1.165) is 29.0 Å². The second-order valence-corrected chi connectivity index (χ2v) is 11.1. The monoisotopic (exact) mass is 538 g/mol. The van der Waals surface area contributed by atoms with Crippen molar-refractivity contribution in [2.75, 3.05) is 0 Å². The third-order valence-electron chi connectivity index (χ3n) is 8.67. The van der Waals surface area contributed by atoms with E-state index in [1.54, 1.807) is 0 Å². The van der Waals surface area contributed by atoms with E-state index in [0.29, 0.717) is 5.92 Å². The molecule has 0 fully saturated rings. The van der Waals surface area contributed by atoms with Crippen LogP contribution in [0.4, 0.5) is 0 Å². The van der Waals surface area contributed by atoms with E-state index in [1.165, 1.54) is 49.4 Å². The molecule has 1 unspecified atom stereocenters. The van der Waals surface area contributed by atoms with Crippen LogP contribution in [0.2, 0.25) is 0 Å². The summed E-state index contributed by atoms with van der Waals surface area (Å²) in [4.78, 5) is 4.85. The Morgan fingerprint density at radius 3 is 1.86 bits per heavy atom. The topological polar surface area (TPSA) is 17.8 Å². The normalized spacial score (nSPS) is 15.0. The highest BCUT2D eigenvalue weighted by Gasteiger charge is 2.20. The number of rotatable bonds is 4. The van der Waals surface area contributed by atoms with Gasteiger partial charge in [-0.15, -0.1) is 0 Å². The van der Waals surface area contributed by atoms with E-state index in [-0.39, 0.29) is 0 Å². The van der Waals surface area contributed by atoms with Gasteiger partial charge in [-0.3, -0.25) is 4.57 Å². The molecule has 0 radical (unpaired) electrons. The lowest BCUT2D eigenvalue weighted by molar-refractivity contribution is 0.857. The smallest absolute Gasteiger partial charge is 0.111 e. The molecule has 0 aliphatic heterocycles. The molecule has 200 valence electrons. The zero-order chi connectivity index (χ0) is 28.0. The number of aromatic nitrogens is 2. The van der Waals surface area contributed by atoms with Gasteiger partial charge in [0.2, 0.25) is 0 Å². The van der Waals surface area contributed by atoms with Crippen molar-refractivity contribution < 1.29 is 0 Å². The molecule has 42 heavy (non-hydrogen) atoms. The highest BCUT2D eigenvalue weighted by atomic mass is 15.1. The highest BCUT2D eigenvalue weighted by molar-refractivity contribution is 6.19. The van der Waals surface area contributed by atoms with Gasteiger partial charge in [0.05, 0.1) is 11.0 Å². The average Bonchev–Trinajstić information content (AvgIpc) is 3.39. The summed E-state index contributed by atoms with van der Waals surface area (Å²) in [5.41, 5.74) is 9.84. The Hall–Kier alpha value is -5.21. The molecule has 0 saturated heterocycles. The molecule has 1 atom stereocenters. The van der Waals surface area contributed by atoms with E-state index in [9.17, 15) is 0 Å². The Bertz CT molecular complexity index is 2110. The summed E-state index contributed by atoms with van der Waals surface area (Å²) in [7, 11) is 0. The van der Waals surface area contributed by atoms with Gasteiger partial charge < -0.3 is 0 Å². The molecule has 0 amide bonds. The van der Waals surface area contributed by atoms with Crippen LogP contribution in [0.1, 0.15) is 29.3 Å². The lowest BCUT2D eigenvalue weighted by Gasteiger charge is -2.21. The van der Waals surface area contributed by atoms with Crippen molar-refractivity contribution in [2.45, 2.75) is 19.3 Å². The Morgan fingerprint density at radius 1 is 0.643 bits per heavy atom. The standard InChI is InChI=1S/C40H30N2/c1-27-41-37-25-24-31(26-38(37)42(27)32-14-6-3-7-15-32)28-20-22-30(23-21-28)40-35-18-10-8-16-33(35)39(29-12-4-2-5-13-29)34-17-9-11-19-36(34)40/h2-20,22-26,28H,21H2,1H3. The predicted molar refractivity (Wildman–Crippen MR) is 177 cm³/mol. The van der Waals surface area contributed by atoms with Crippen molar-refractivity contribution in [1.29, 1.82) is 0 Å². The van der Waals surface area contributed by atoms with Gasteiger partial charge >= 0.3 is 0 Å². The number of aryl methyl sites for hydroxylation is 1. The van der Waals surface area contributed by atoms with Gasteiger partial charge in [0.15, 0.2) is 0 Å². The summed E-state index contributed by atoms with van der Waals surface area (Å²) in [5, 5.41) is 5.19. The molecule has 1 heterocycles. The second-order valence-electron chi connectivity index (χ2n) is 11.1. The maximum Gasteiger partial charge on any atom is 0.111 e. The van der Waals surface area contributed by atoms with E-state index in [4.69, 9.17) is 4.98 Å². The van der Waals surface area contributed by atoms with Crippen molar-refractivity contribution in [3.8, 4) is 16.8 Å². The number of hydrogen-bond acceptors (Lipinski definition) is 1. The van der Waals surface area contributed by atoms with Crippen molar-refractivity contribution in [3.63, 3.8) is 0 Å². The first kappa shape index (κ1) is 24.6. The fourth-order valence-electron chi connectivity index (χ4n) is 6.75. The number of allylic oxidation sites excluding steroid dienone is 4. The SMILES string of the molecule is Cc1nc2ccc(C3C=CC(c4c5ccccc5c(-c5ccccc5)c5ccccc45)=CC3)cc2n1-c1ccccc1. The van der Waals surface area contributed by atoms with E-state index < -0.39 is 0 Å². The van der Waals surface area contributed by atoms with Crippen LogP contribution in [0.15, 0.2) is 146 Å². The quantitative estimate of drug-likeness (QED) is 0.204. The molecule has 8 rings (SSSR count). The third kappa shape index (κ3) is 3.99. The lowest BCUT2D eigenvalue weighted by atomic mass is 9.82. The summed E-state index contributed by atoms with van der Waals surface area (Å²) in [6, 6.07) is 45.8. The molecule has 2 nitrogen and oxygen atoms in total. The summed E-state index contributed by atoms with van der Waals surface area (Å²) in [5.74, 6) is 1.33. The van der Waals surface area contributed by atoms with Crippen molar-refractivity contribution in [2.24, 2.45) is 0 Å². The summed E-state index contributed by atoms with van der Waals surface area (Å²) in [6.07, 6.45) is 8.12. The van der Waals surface area contributed by atoms with E-state index >= 15 is 0 Å². The Labute approximate surface area is 245 Å². The van der Waals surface area contributed by atoms with Crippen LogP contribution < -0.4 is 0 Å². The molecule has 1 aliphatic carbocycles. The van der Waals surface area contributed by atoms with Crippen molar-refractivity contribution in [1.82, 2.24) is 9.55 Å². The number of imidazole rings is 1. The maximum atomic E-state index is 4.85. The zero-order valence-corrected chi connectivity index (χ0v) is 23.5. The molecular weight excluding hydrogens is 508 g/mol. The Balaban J connectivity index is 1.22. The van der Waals surface area contributed by atoms with Crippen LogP contribution in [-0.2, 0) is 0 Å². The molecule has 0 saturated carbocycles. The van der Waals surface area contributed by atoms with Gasteiger partial charge in [-0.2, -0.15) is 0 Å². The number of para-hydroxylation sites is 1. The Morgan fingerprint density at radius 2 is 1.24 bits per heavy atom. The van der Waals surface area contributed by atoms with Gasteiger partial charge in [-0.05, 0) is 87.0 Å². The summed E-state index contributed by atoms with van der Waals surface area (Å²) >= 11 is 0. The van der Waals surface area contributed by atoms with Gasteiger partial charge in [-0.1, -0.05) is 121 Å². The molecule has 6 aromatic carbocycles. The minimum absolute atomic E-state index is 0.318. The first-order valence-corrected chi connectivity index (χ1v) is 14.7. The molecule has 2 heteroatoms. The third-order valence-corrected chi connectivity index (χ3v) is 8.67. The van der Waals surface area contributed by atoms with Gasteiger partial charge in [0, 0.05) is 11.6 Å². The second kappa shape index (κ2) is 10.0. The average molecular weight is 539 g/mol.